The quantitative estimate of drug-likeness (QED) is 0.0621. The Labute approximate surface area is 251 Å². The number of rotatable bonds is 31. The van der Waals surface area contributed by atoms with Gasteiger partial charge in [-0.15, -0.1) is 0 Å². The Morgan fingerprint density at radius 2 is 1.05 bits per heavy atom. The number of nitrogens with two attached hydrogens (primary N) is 1. The lowest BCUT2D eigenvalue weighted by molar-refractivity contribution is -0.0255. The van der Waals surface area contributed by atoms with Gasteiger partial charge in [0.05, 0.1) is 12.2 Å². The number of hydrogen-bond acceptors (Lipinski definition) is 4. The summed E-state index contributed by atoms with van der Waals surface area (Å²) in [6, 6.07) is 0. The van der Waals surface area contributed by atoms with Gasteiger partial charge in [-0.3, -0.25) is 9.05 Å². The highest BCUT2D eigenvalue weighted by atomic mass is 31.2. The SMILES string of the molecule is CCCCCCCCCCCCCCCC(CC(CC)CCCC)(CC(CC)CCCC)OP(=O)(O)OCCN. The summed E-state index contributed by atoms with van der Waals surface area (Å²) in [5.41, 5.74) is 4.98. The lowest BCUT2D eigenvalue weighted by Crippen LogP contribution is -2.37. The van der Waals surface area contributed by atoms with Gasteiger partial charge < -0.3 is 10.6 Å². The van der Waals surface area contributed by atoms with Gasteiger partial charge in [-0.1, -0.05) is 169 Å². The standard InChI is InChI=1S/C34H72NO4P/c1-6-11-14-15-16-17-18-19-20-21-22-23-24-27-34(30-32(9-4)25-12-7-2,31-33(10-5)26-13-8-3)39-40(36,37)38-29-28-35/h32-33H,6-31,35H2,1-5H3,(H,36,37). The number of phosphoric ester groups is 1. The van der Waals surface area contributed by atoms with Crippen molar-refractivity contribution in [2.24, 2.45) is 17.6 Å². The zero-order chi connectivity index (χ0) is 30.0. The first kappa shape index (κ1) is 40.1. The van der Waals surface area contributed by atoms with Gasteiger partial charge in [-0.25, -0.2) is 4.57 Å². The Morgan fingerprint density at radius 1 is 0.650 bits per heavy atom. The second kappa shape index (κ2) is 26.7. The number of unbranched alkanes of at least 4 members (excludes halogenated alkanes) is 14. The highest BCUT2D eigenvalue weighted by molar-refractivity contribution is 7.47. The molecule has 3 atom stereocenters. The molecule has 0 saturated heterocycles. The van der Waals surface area contributed by atoms with Crippen molar-refractivity contribution in [2.45, 2.75) is 194 Å². The second-order valence-electron chi connectivity index (χ2n) is 12.6. The van der Waals surface area contributed by atoms with Crippen molar-refractivity contribution in [3.05, 3.63) is 0 Å². The molecule has 0 saturated carbocycles. The molecule has 0 spiro atoms. The minimum absolute atomic E-state index is 0.0443. The van der Waals surface area contributed by atoms with Gasteiger partial charge in [0.25, 0.3) is 0 Å². The van der Waals surface area contributed by atoms with E-state index in [-0.39, 0.29) is 13.2 Å². The van der Waals surface area contributed by atoms with Crippen molar-refractivity contribution < 1.29 is 18.5 Å². The first-order chi connectivity index (χ1) is 19.3. The van der Waals surface area contributed by atoms with Gasteiger partial charge in [0, 0.05) is 6.54 Å². The predicted molar refractivity (Wildman–Crippen MR) is 175 cm³/mol. The molecule has 0 aromatic heterocycles. The molecule has 0 aliphatic rings. The maximum atomic E-state index is 13.1. The third-order valence-electron chi connectivity index (χ3n) is 8.83. The minimum atomic E-state index is -4.18. The van der Waals surface area contributed by atoms with Gasteiger partial charge in [0.2, 0.25) is 0 Å². The first-order valence-electron chi connectivity index (χ1n) is 17.7. The van der Waals surface area contributed by atoms with Gasteiger partial charge in [0.15, 0.2) is 0 Å². The fourth-order valence-corrected chi connectivity index (χ4v) is 7.37. The van der Waals surface area contributed by atoms with Crippen LogP contribution in [-0.2, 0) is 13.6 Å². The minimum Gasteiger partial charge on any atom is -0.328 e. The summed E-state index contributed by atoms with van der Waals surface area (Å²) in [5.74, 6) is 1.00. The molecule has 0 rings (SSSR count). The molecule has 0 aromatic rings. The molecule has 0 aliphatic carbocycles. The maximum absolute atomic E-state index is 13.1. The van der Waals surface area contributed by atoms with E-state index in [1.54, 1.807) is 0 Å². The van der Waals surface area contributed by atoms with Gasteiger partial charge >= 0.3 is 7.82 Å². The fourth-order valence-electron chi connectivity index (χ4n) is 6.25. The van der Waals surface area contributed by atoms with Crippen molar-refractivity contribution in [2.75, 3.05) is 13.2 Å². The third kappa shape index (κ3) is 21.7. The van der Waals surface area contributed by atoms with E-state index in [2.05, 4.69) is 34.6 Å². The van der Waals surface area contributed by atoms with Crippen LogP contribution in [0.4, 0.5) is 0 Å². The van der Waals surface area contributed by atoms with Crippen molar-refractivity contribution in [3.63, 3.8) is 0 Å². The molecular weight excluding hydrogens is 517 g/mol. The molecule has 3 N–H and O–H groups in total. The summed E-state index contributed by atoms with van der Waals surface area (Å²) in [6.07, 6.45) is 28.9. The zero-order valence-electron chi connectivity index (χ0n) is 27.7. The lowest BCUT2D eigenvalue weighted by Gasteiger charge is -2.40. The summed E-state index contributed by atoms with van der Waals surface area (Å²) in [5, 5.41) is 0. The van der Waals surface area contributed by atoms with Crippen LogP contribution in [0.5, 0.6) is 0 Å². The highest BCUT2D eigenvalue weighted by Gasteiger charge is 2.41. The Kier molecular flexibility index (Phi) is 26.7. The van der Waals surface area contributed by atoms with E-state index in [9.17, 15) is 9.46 Å². The van der Waals surface area contributed by atoms with Crippen LogP contribution in [0.1, 0.15) is 189 Å². The van der Waals surface area contributed by atoms with Crippen LogP contribution in [0.2, 0.25) is 0 Å². The van der Waals surface area contributed by atoms with Crippen LogP contribution < -0.4 is 5.73 Å². The molecule has 5 nitrogen and oxygen atoms in total. The molecular formula is C34H72NO4P. The predicted octanol–water partition coefficient (Wildman–Crippen LogP) is 11.5. The molecule has 0 radical (unpaired) electrons. The average Bonchev–Trinajstić information content (AvgIpc) is 2.94. The first-order valence-corrected chi connectivity index (χ1v) is 19.2. The van der Waals surface area contributed by atoms with Crippen molar-refractivity contribution in [1.29, 1.82) is 0 Å². The lowest BCUT2D eigenvalue weighted by atomic mass is 9.76. The molecule has 0 heterocycles. The molecule has 0 aromatic carbocycles. The van der Waals surface area contributed by atoms with Crippen LogP contribution in [0.3, 0.4) is 0 Å². The monoisotopic (exact) mass is 590 g/mol. The average molecular weight is 590 g/mol. The van der Waals surface area contributed by atoms with E-state index >= 15 is 0 Å². The van der Waals surface area contributed by atoms with Crippen LogP contribution >= 0.6 is 7.82 Å². The Bertz CT molecular complexity index is 570. The van der Waals surface area contributed by atoms with Crippen LogP contribution in [-0.4, -0.2) is 23.6 Å². The summed E-state index contributed by atoms with van der Waals surface area (Å²) < 4.78 is 24.7. The second-order valence-corrected chi connectivity index (χ2v) is 14.0. The van der Waals surface area contributed by atoms with E-state index in [0.29, 0.717) is 11.8 Å². The van der Waals surface area contributed by atoms with Crippen molar-refractivity contribution in [3.8, 4) is 0 Å². The number of hydrogen-bond donors (Lipinski definition) is 2. The molecule has 242 valence electrons. The van der Waals surface area contributed by atoms with Crippen LogP contribution in [0, 0.1) is 11.8 Å². The van der Waals surface area contributed by atoms with Gasteiger partial charge in [-0.05, 0) is 31.1 Å². The van der Waals surface area contributed by atoms with Crippen LogP contribution in [0.25, 0.3) is 0 Å². The molecule has 3 unspecified atom stereocenters. The van der Waals surface area contributed by atoms with Crippen molar-refractivity contribution >= 4 is 7.82 Å². The van der Waals surface area contributed by atoms with E-state index in [1.165, 1.54) is 103 Å². The summed E-state index contributed by atoms with van der Waals surface area (Å²) in [7, 11) is -4.18. The van der Waals surface area contributed by atoms with E-state index in [0.717, 1.165) is 51.4 Å². The van der Waals surface area contributed by atoms with Crippen LogP contribution in [0.15, 0.2) is 0 Å². The third-order valence-corrected chi connectivity index (χ3v) is 9.95. The molecule has 0 amide bonds. The van der Waals surface area contributed by atoms with Gasteiger partial charge in [0.1, 0.15) is 0 Å². The van der Waals surface area contributed by atoms with E-state index in [4.69, 9.17) is 14.8 Å². The highest BCUT2D eigenvalue weighted by Crippen LogP contribution is 2.53. The van der Waals surface area contributed by atoms with Gasteiger partial charge in [-0.2, -0.15) is 0 Å². The summed E-state index contributed by atoms with van der Waals surface area (Å²) >= 11 is 0. The topological polar surface area (TPSA) is 81.8 Å². The fraction of sp³-hybridized carbons (Fsp3) is 1.00. The normalized spacial score (nSPS) is 16.5. The van der Waals surface area contributed by atoms with Crippen molar-refractivity contribution in [1.82, 2.24) is 0 Å². The Morgan fingerprint density at radius 3 is 1.43 bits per heavy atom. The smallest absolute Gasteiger partial charge is 0.328 e. The number of phosphoric acid groups is 1. The molecule has 0 bridgehead atoms. The summed E-state index contributed by atoms with van der Waals surface area (Å²) in [4.78, 5) is 10.8. The molecule has 0 aliphatic heterocycles. The van der Waals surface area contributed by atoms with E-state index in [1.807, 2.05) is 0 Å². The zero-order valence-corrected chi connectivity index (χ0v) is 28.6. The largest absolute Gasteiger partial charge is 0.472 e. The Hall–Kier alpha value is 0.0700. The summed E-state index contributed by atoms with van der Waals surface area (Å²) in [6.45, 7) is 11.5. The Balaban J connectivity index is 5.22. The maximum Gasteiger partial charge on any atom is 0.472 e. The molecule has 6 heteroatoms. The van der Waals surface area contributed by atoms with E-state index < -0.39 is 13.4 Å². The molecule has 0 fully saturated rings. The molecule has 40 heavy (non-hydrogen) atoms.